The van der Waals surface area contributed by atoms with Gasteiger partial charge in [0.15, 0.2) is 11.6 Å². The highest BCUT2D eigenvalue weighted by molar-refractivity contribution is 5.90. The number of hydrogen-bond acceptors (Lipinski definition) is 7. The molecule has 0 unspecified atom stereocenters. The normalized spacial score (nSPS) is 10.6. The first kappa shape index (κ1) is 20.2. The quantitative estimate of drug-likeness (QED) is 0.582. The Morgan fingerprint density at radius 1 is 1.17 bits per heavy atom. The maximum absolute atomic E-state index is 14.5. The minimum absolute atomic E-state index is 0.00586. The lowest BCUT2D eigenvalue weighted by molar-refractivity contribution is 0.0600. The molecule has 29 heavy (non-hydrogen) atoms. The standard InChI is InChI=1S/C20H22FN5O3/c1-4-26-12-16(11-24-26)25-20-22-9-13(10-23-20)5-6-14-7-15(19(27)29-3)8-17(28-2)18(14)21/h7-12H,4-6H2,1-3H3,(H,22,23,25). The number of aryl methyl sites for hydroxylation is 3. The molecule has 1 N–H and O–H groups in total. The Bertz CT molecular complexity index is 988. The molecular formula is C20H22FN5O3. The summed E-state index contributed by atoms with van der Waals surface area (Å²) in [5.41, 5.74) is 2.23. The third-order valence-corrected chi connectivity index (χ3v) is 4.36. The molecule has 0 spiro atoms. The van der Waals surface area contributed by atoms with E-state index in [2.05, 4.69) is 20.4 Å². The number of benzene rings is 1. The summed E-state index contributed by atoms with van der Waals surface area (Å²) < 4.78 is 26.1. The highest BCUT2D eigenvalue weighted by atomic mass is 19.1. The van der Waals surface area contributed by atoms with Crippen LogP contribution in [0.25, 0.3) is 0 Å². The first-order valence-electron chi connectivity index (χ1n) is 9.09. The van der Waals surface area contributed by atoms with Crippen LogP contribution in [-0.2, 0) is 24.1 Å². The number of carbonyl (C=O) groups is 1. The van der Waals surface area contributed by atoms with Crippen molar-refractivity contribution in [3.63, 3.8) is 0 Å². The van der Waals surface area contributed by atoms with Crippen LogP contribution in [0, 0.1) is 5.82 Å². The molecular weight excluding hydrogens is 377 g/mol. The number of aromatic nitrogens is 4. The topological polar surface area (TPSA) is 91.2 Å². The lowest BCUT2D eigenvalue weighted by Crippen LogP contribution is -2.06. The Morgan fingerprint density at radius 2 is 1.93 bits per heavy atom. The molecule has 0 atom stereocenters. The summed E-state index contributed by atoms with van der Waals surface area (Å²) >= 11 is 0. The second kappa shape index (κ2) is 9.13. The van der Waals surface area contributed by atoms with Crippen LogP contribution in [0.15, 0.2) is 36.9 Å². The van der Waals surface area contributed by atoms with Crippen molar-refractivity contribution in [2.75, 3.05) is 19.5 Å². The molecule has 1 aromatic carbocycles. The summed E-state index contributed by atoms with van der Waals surface area (Å²) in [6.07, 6.45) is 7.77. The van der Waals surface area contributed by atoms with Crippen LogP contribution in [0.5, 0.6) is 5.75 Å². The van der Waals surface area contributed by atoms with Crippen molar-refractivity contribution < 1.29 is 18.7 Å². The average molecular weight is 399 g/mol. The molecule has 0 radical (unpaired) electrons. The van der Waals surface area contributed by atoms with Crippen LogP contribution in [0.1, 0.15) is 28.4 Å². The van der Waals surface area contributed by atoms with Gasteiger partial charge in [0.1, 0.15) is 0 Å². The number of esters is 1. The van der Waals surface area contributed by atoms with E-state index in [0.717, 1.165) is 17.8 Å². The Labute approximate surface area is 167 Å². The molecule has 2 aromatic heterocycles. The van der Waals surface area contributed by atoms with Crippen LogP contribution in [0.3, 0.4) is 0 Å². The van der Waals surface area contributed by atoms with Crippen LogP contribution in [-0.4, -0.2) is 39.9 Å². The van der Waals surface area contributed by atoms with E-state index in [1.165, 1.54) is 26.4 Å². The molecule has 0 amide bonds. The van der Waals surface area contributed by atoms with Gasteiger partial charge in [0, 0.05) is 25.1 Å². The predicted octanol–water partition coefficient (Wildman–Crippen LogP) is 3.16. The lowest BCUT2D eigenvalue weighted by atomic mass is 10.0. The van der Waals surface area contributed by atoms with Crippen molar-refractivity contribution in [3.05, 3.63) is 59.4 Å². The summed E-state index contributed by atoms with van der Waals surface area (Å²) in [5, 5.41) is 7.26. The molecule has 0 bridgehead atoms. The van der Waals surface area contributed by atoms with Crippen molar-refractivity contribution in [2.24, 2.45) is 0 Å². The number of halogens is 1. The highest BCUT2D eigenvalue weighted by Gasteiger charge is 2.16. The fourth-order valence-electron chi connectivity index (χ4n) is 2.78. The Balaban J connectivity index is 1.68. The molecule has 0 fully saturated rings. The molecule has 0 saturated carbocycles. The van der Waals surface area contributed by atoms with Crippen molar-refractivity contribution in [2.45, 2.75) is 26.3 Å². The fraction of sp³-hybridized carbons (Fsp3) is 0.300. The van der Waals surface area contributed by atoms with Gasteiger partial charge in [0.05, 0.1) is 31.7 Å². The number of hydrogen-bond donors (Lipinski definition) is 1. The number of ether oxygens (including phenoxy) is 2. The fourth-order valence-corrected chi connectivity index (χ4v) is 2.78. The highest BCUT2D eigenvalue weighted by Crippen LogP contribution is 2.25. The van der Waals surface area contributed by atoms with E-state index in [9.17, 15) is 9.18 Å². The monoisotopic (exact) mass is 399 g/mol. The number of carbonyl (C=O) groups excluding carboxylic acids is 1. The summed E-state index contributed by atoms with van der Waals surface area (Å²) in [6.45, 7) is 2.78. The Hall–Kier alpha value is -3.49. The molecule has 2 heterocycles. The number of nitrogens with zero attached hydrogens (tertiary/aromatic N) is 4. The molecule has 9 heteroatoms. The van der Waals surface area contributed by atoms with Gasteiger partial charge in [0.2, 0.25) is 5.95 Å². The SMILES string of the molecule is CCn1cc(Nc2ncc(CCc3cc(C(=O)OC)cc(OC)c3F)cn2)cn1. The zero-order valence-electron chi connectivity index (χ0n) is 16.5. The number of anilines is 2. The number of nitrogens with one attached hydrogen (secondary N) is 1. The van der Waals surface area contributed by atoms with Crippen LogP contribution in [0.4, 0.5) is 16.0 Å². The summed E-state index contributed by atoms with van der Waals surface area (Å²) in [5.74, 6) is -0.585. The number of methoxy groups -OCH3 is 2. The zero-order chi connectivity index (χ0) is 20.8. The third kappa shape index (κ3) is 4.87. The van der Waals surface area contributed by atoms with Gasteiger partial charge in [0.25, 0.3) is 0 Å². The largest absolute Gasteiger partial charge is 0.494 e. The number of rotatable bonds is 8. The molecule has 0 aliphatic heterocycles. The van der Waals surface area contributed by atoms with Crippen LogP contribution >= 0.6 is 0 Å². The maximum atomic E-state index is 14.5. The van der Waals surface area contributed by atoms with E-state index in [0.29, 0.717) is 24.4 Å². The minimum Gasteiger partial charge on any atom is -0.494 e. The van der Waals surface area contributed by atoms with Gasteiger partial charge >= 0.3 is 5.97 Å². The third-order valence-electron chi connectivity index (χ3n) is 4.36. The summed E-state index contributed by atoms with van der Waals surface area (Å²) in [6, 6.07) is 2.81. The second-order valence-corrected chi connectivity index (χ2v) is 6.27. The van der Waals surface area contributed by atoms with Gasteiger partial charge in [-0.2, -0.15) is 5.10 Å². The first-order chi connectivity index (χ1) is 14.0. The maximum Gasteiger partial charge on any atom is 0.337 e. The van der Waals surface area contributed by atoms with Gasteiger partial charge in [-0.05, 0) is 43.0 Å². The molecule has 3 aromatic rings. The minimum atomic E-state index is -0.547. The summed E-state index contributed by atoms with van der Waals surface area (Å²) in [7, 11) is 2.63. The smallest absolute Gasteiger partial charge is 0.337 e. The van der Waals surface area contributed by atoms with Crippen molar-refractivity contribution in [3.8, 4) is 5.75 Å². The zero-order valence-corrected chi connectivity index (χ0v) is 16.5. The van der Waals surface area contributed by atoms with Crippen molar-refractivity contribution >= 4 is 17.6 Å². The van der Waals surface area contributed by atoms with E-state index in [4.69, 9.17) is 9.47 Å². The molecule has 0 aliphatic carbocycles. The van der Waals surface area contributed by atoms with Crippen LogP contribution < -0.4 is 10.1 Å². The molecule has 0 saturated heterocycles. The molecule has 8 nitrogen and oxygen atoms in total. The van der Waals surface area contributed by atoms with Crippen molar-refractivity contribution in [1.82, 2.24) is 19.7 Å². The summed E-state index contributed by atoms with van der Waals surface area (Å²) in [4.78, 5) is 20.4. The average Bonchev–Trinajstić information content (AvgIpc) is 3.21. The van der Waals surface area contributed by atoms with Gasteiger partial charge in [-0.15, -0.1) is 0 Å². The van der Waals surface area contributed by atoms with Crippen molar-refractivity contribution in [1.29, 1.82) is 0 Å². The van der Waals surface area contributed by atoms with Gasteiger partial charge < -0.3 is 14.8 Å². The Morgan fingerprint density at radius 3 is 2.55 bits per heavy atom. The van der Waals surface area contributed by atoms with E-state index in [1.807, 2.05) is 13.1 Å². The predicted molar refractivity (Wildman–Crippen MR) is 105 cm³/mol. The first-order valence-corrected chi connectivity index (χ1v) is 9.09. The molecule has 3 rings (SSSR count). The molecule has 0 aliphatic rings. The van der Waals surface area contributed by atoms with Crippen LogP contribution in [0.2, 0.25) is 0 Å². The van der Waals surface area contributed by atoms with Gasteiger partial charge in [-0.3, -0.25) is 4.68 Å². The van der Waals surface area contributed by atoms with E-state index in [-0.39, 0.29) is 11.3 Å². The second-order valence-electron chi connectivity index (χ2n) is 6.27. The van der Waals surface area contributed by atoms with E-state index >= 15 is 0 Å². The molecule has 152 valence electrons. The van der Waals surface area contributed by atoms with E-state index in [1.54, 1.807) is 23.3 Å². The van der Waals surface area contributed by atoms with Gasteiger partial charge in [-0.1, -0.05) is 0 Å². The lowest BCUT2D eigenvalue weighted by Gasteiger charge is -2.10. The van der Waals surface area contributed by atoms with E-state index < -0.39 is 11.8 Å². The van der Waals surface area contributed by atoms with Gasteiger partial charge in [-0.25, -0.2) is 19.2 Å². The Kier molecular flexibility index (Phi) is 6.38.